The molecule has 1 heterocycles. The molecule has 4 nitrogen and oxygen atoms in total. The average Bonchev–Trinajstić information content (AvgIpc) is 2.60. The Morgan fingerprint density at radius 1 is 1.22 bits per heavy atom. The van der Waals surface area contributed by atoms with Crippen LogP contribution in [0.2, 0.25) is 0 Å². The van der Waals surface area contributed by atoms with E-state index in [2.05, 4.69) is 14.7 Å². The molecule has 0 bridgehead atoms. The maximum Gasteiger partial charge on any atom is 0.415 e. The van der Waals surface area contributed by atoms with Gasteiger partial charge in [-0.05, 0) is 6.92 Å². The summed E-state index contributed by atoms with van der Waals surface area (Å²) in [4.78, 5) is 3.71. The fourth-order valence-corrected chi connectivity index (χ4v) is 1.61. The summed E-state index contributed by atoms with van der Waals surface area (Å²) in [6.45, 7) is 6.77. The Morgan fingerprint density at radius 3 is 2.22 bits per heavy atom. The molecule has 0 amide bonds. The molecular weight excluding hydrogens is 267 g/mol. The van der Waals surface area contributed by atoms with E-state index < -0.39 is 17.6 Å². The van der Waals surface area contributed by atoms with Crippen molar-refractivity contribution in [1.29, 1.82) is 0 Å². The molecular formula is C10H16F3N3OS. The van der Waals surface area contributed by atoms with Gasteiger partial charge in [0, 0.05) is 4.75 Å². The van der Waals surface area contributed by atoms with Gasteiger partial charge >= 0.3 is 6.18 Å². The molecule has 0 saturated carbocycles. The lowest BCUT2D eigenvalue weighted by Crippen LogP contribution is -2.48. The SMILES string of the molecule is CC(C)(C)SCc1noc(C(C)(N)C(F)(F)F)n1. The Kier molecular flexibility index (Phi) is 4.02. The van der Waals surface area contributed by atoms with Crippen molar-refractivity contribution in [3.05, 3.63) is 11.7 Å². The lowest BCUT2D eigenvalue weighted by Gasteiger charge is -2.22. The molecule has 0 aliphatic rings. The van der Waals surface area contributed by atoms with Crippen LogP contribution in [0.3, 0.4) is 0 Å². The molecule has 1 rings (SSSR count). The monoisotopic (exact) mass is 283 g/mol. The van der Waals surface area contributed by atoms with Crippen molar-refractivity contribution in [2.75, 3.05) is 0 Å². The second-order valence-electron chi connectivity index (χ2n) is 5.12. The van der Waals surface area contributed by atoms with Crippen molar-refractivity contribution in [2.45, 2.75) is 49.9 Å². The van der Waals surface area contributed by atoms with Gasteiger partial charge in [-0.2, -0.15) is 18.2 Å². The van der Waals surface area contributed by atoms with Gasteiger partial charge in [0.05, 0.1) is 5.75 Å². The molecule has 0 saturated heterocycles. The van der Waals surface area contributed by atoms with Crippen LogP contribution in [-0.2, 0) is 11.3 Å². The highest BCUT2D eigenvalue weighted by atomic mass is 32.2. The van der Waals surface area contributed by atoms with Gasteiger partial charge in [0.25, 0.3) is 5.89 Å². The first kappa shape index (κ1) is 15.3. The van der Waals surface area contributed by atoms with E-state index in [4.69, 9.17) is 5.73 Å². The molecule has 8 heteroatoms. The quantitative estimate of drug-likeness (QED) is 0.924. The molecule has 18 heavy (non-hydrogen) atoms. The largest absolute Gasteiger partial charge is 0.415 e. The molecule has 0 aromatic carbocycles. The number of hydrogen-bond acceptors (Lipinski definition) is 5. The molecule has 0 aliphatic carbocycles. The predicted molar refractivity (Wildman–Crippen MR) is 62.9 cm³/mol. The Hall–Kier alpha value is -0.760. The van der Waals surface area contributed by atoms with E-state index >= 15 is 0 Å². The minimum absolute atomic E-state index is 0.0309. The van der Waals surface area contributed by atoms with Crippen molar-refractivity contribution < 1.29 is 17.7 Å². The Morgan fingerprint density at radius 2 is 1.78 bits per heavy atom. The Balaban J connectivity index is 2.81. The minimum Gasteiger partial charge on any atom is -0.337 e. The highest BCUT2D eigenvalue weighted by Crippen LogP contribution is 2.35. The lowest BCUT2D eigenvalue weighted by atomic mass is 10.0. The van der Waals surface area contributed by atoms with Crippen LogP contribution < -0.4 is 5.73 Å². The summed E-state index contributed by atoms with van der Waals surface area (Å²) in [7, 11) is 0. The summed E-state index contributed by atoms with van der Waals surface area (Å²) in [5.74, 6) is -0.0219. The third-order valence-corrected chi connectivity index (χ3v) is 3.40. The number of aromatic nitrogens is 2. The summed E-state index contributed by atoms with van der Waals surface area (Å²) in [5, 5.41) is 3.51. The summed E-state index contributed by atoms with van der Waals surface area (Å²) >= 11 is 1.51. The van der Waals surface area contributed by atoms with Crippen LogP contribution in [0, 0.1) is 0 Å². The van der Waals surface area contributed by atoms with Crippen LogP contribution >= 0.6 is 11.8 Å². The maximum absolute atomic E-state index is 12.6. The number of rotatable bonds is 3. The molecule has 0 radical (unpaired) electrons. The number of nitrogens with zero attached hydrogens (tertiary/aromatic N) is 2. The first-order valence-corrected chi connectivity index (χ1v) is 6.25. The van der Waals surface area contributed by atoms with Crippen LogP contribution in [-0.4, -0.2) is 21.1 Å². The summed E-state index contributed by atoms with van der Waals surface area (Å²) in [6, 6.07) is 0. The van der Waals surface area contributed by atoms with Gasteiger partial charge < -0.3 is 10.3 Å². The van der Waals surface area contributed by atoms with Gasteiger partial charge in [0.1, 0.15) is 0 Å². The van der Waals surface area contributed by atoms with Crippen molar-refractivity contribution in [2.24, 2.45) is 5.73 Å². The maximum atomic E-state index is 12.6. The number of hydrogen-bond donors (Lipinski definition) is 1. The first-order valence-electron chi connectivity index (χ1n) is 5.26. The fourth-order valence-electron chi connectivity index (χ4n) is 0.926. The van der Waals surface area contributed by atoms with Gasteiger partial charge in [0.2, 0.25) is 0 Å². The molecule has 1 unspecified atom stereocenters. The number of halogens is 3. The molecule has 1 aromatic rings. The zero-order chi connectivity index (χ0) is 14.2. The summed E-state index contributed by atoms with van der Waals surface area (Å²) < 4.78 is 42.5. The van der Waals surface area contributed by atoms with E-state index in [0.717, 1.165) is 6.92 Å². The van der Waals surface area contributed by atoms with Crippen LogP contribution in [0.4, 0.5) is 13.2 Å². The number of alkyl halides is 3. The number of nitrogens with two attached hydrogens (primary N) is 1. The third kappa shape index (κ3) is 3.61. The van der Waals surface area contributed by atoms with Crippen LogP contribution in [0.15, 0.2) is 4.52 Å². The Bertz CT molecular complexity index is 409. The molecule has 2 N–H and O–H groups in total. The van der Waals surface area contributed by atoms with Crippen LogP contribution in [0.1, 0.15) is 39.4 Å². The van der Waals surface area contributed by atoms with E-state index in [9.17, 15) is 13.2 Å². The van der Waals surface area contributed by atoms with E-state index in [-0.39, 0.29) is 10.6 Å². The van der Waals surface area contributed by atoms with Gasteiger partial charge in [-0.25, -0.2) is 0 Å². The summed E-state index contributed by atoms with van der Waals surface area (Å²) in [6.07, 6.45) is -4.63. The zero-order valence-electron chi connectivity index (χ0n) is 10.6. The van der Waals surface area contributed by atoms with Crippen LogP contribution in [0.5, 0.6) is 0 Å². The van der Waals surface area contributed by atoms with Gasteiger partial charge in [0.15, 0.2) is 11.4 Å². The fraction of sp³-hybridized carbons (Fsp3) is 0.800. The molecule has 1 atom stereocenters. The minimum atomic E-state index is -4.63. The van der Waals surface area contributed by atoms with Gasteiger partial charge in [-0.3, -0.25) is 0 Å². The summed E-state index contributed by atoms with van der Waals surface area (Å²) in [5.41, 5.74) is 2.56. The molecule has 0 aliphatic heterocycles. The van der Waals surface area contributed by atoms with E-state index in [0.29, 0.717) is 5.75 Å². The van der Waals surface area contributed by atoms with Crippen molar-refractivity contribution in [3.63, 3.8) is 0 Å². The smallest absolute Gasteiger partial charge is 0.337 e. The van der Waals surface area contributed by atoms with E-state index in [1.165, 1.54) is 11.8 Å². The topological polar surface area (TPSA) is 64.9 Å². The normalized spacial score (nSPS) is 16.7. The zero-order valence-corrected chi connectivity index (χ0v) is 11.4. The molecule has 0 fully saturated rings. The molecule has 1 aromatic heterocycles. The van der Waals surface area contributed by atoms with E-state index in [1.807, 2.05) is 20.8 Å². The standard InChI is InChI=1S/C10H16F3N3OS/c1-8(2,3)18-5-6-15-7(17-16-6)9(4,14)10(11,12)13/h5,14H2,1-4H3. The van der Waals surface area contributed by atoms with Crippen molar-refractivity contribution >= 4 is 11.8 Å². The first-order chi connectivity index (χ1) is 7.93. The average molecular weight is 283 g/mol. The molecule has 104 valence electrons. The highest BCUT2D eigenvalue weighted by Gasteiger charge is 2.53. The van der Waals surface area contributed by atoms with E-state index in [1.54, 1.807) is 0 Å². The predicted octanol–water partition coefficient (Wildman–Crippen LogP) is 2.84. The highest BCUT2D eigenvalue weighted by molar-refractivity contribution is 7.99. The second-order valence-corrected chi connectivity index (χ2v) is 6.92. The third-order valence-electron chi connectivity index (χ3n) is 2.14. The van der Waals surface area contributed by atoms with Crippen LogP contribution in [0.25, 0.3) is 0 Å². The van der Waals surface area contributed by atoms with Gasteiger partial charge in [-0.1, -0.05) is 25.9 Å². The van der Waals surface area contributed by atoms with Gasteiger partial charge in [-0.15, -0.1) is 11.8 Å². The van der Waals surface area contributed by atoms with Crippen molar-refractivity contribution in [3.8, 4) is 0 Å². The van der Waals surface area contributed by atoms with Crippen molar-refractivity contribution in [1.82, 2.24) is 10.1 Å². The number of thioether (sulfide) groups is 1. The molecule has 0 spiro atoms. The second kappa shape index (κ2) is 4.73. The lowest BCUT2D eigenvalue weighted by molar-refractivity contribution is -0.190. The Labute approximate surface area is 107 Å².